The zero-order chi connectivity index (χ0) is 33.8. The molecule has 8 rings (SSSR count). The predicted octanol–water partition coefficient (Wildman–Crippen LogP) is 7.68. The maximum atomic E-state index is 2.39. The molecule has 0 saturated carbocycles. The van der Waals surface area contributed by atoms with Crippen molar-refractivity contribution in [3.63, 3.8) is 0 Å². The molecular weight excluding hydrogens is 743 g/mol. The summed E-state index contributed by atoms with van der Waals surface area (Å²) < 4.78 is 0. The van der Waals surface area contributed by atoms with Crippen molar-refractivity contribution < 1.29 is 48.1 Å². The Morgan fingerprint density at radius 2 is 1.06 bits per heavy atom. The normalized spacial score (nSPS) is 11.2. The first-order chi connectivity index (χ1) is 23.2. The maximum Gasteiger partial charge on any atom is -0.0114 e. The van der Waals surface area contributed by atoms with Crippen LogP contribution in [0.4, 0.5) is 0 Å². The Hall–Kier alpha value is -3.26. The van der Waals surface area contributed by atoms with Gasteiger partial charge in [-0.15, -0.1) is 68.6 Å². The van der Waals surface area contributed by atoms with Crippen molar-refractivity contribution in [2.24, 2.45) is 0 Å². The number of hydrogen-bond donors (Lipinski definition) is 0. The molecule has 1 atom stereocenters. The number of rotatable bonds is 4. The second-order valence-electron chi connectivity index (χ2n) is 13.2. The van der Waals surface area contributed by atoms with E-state index in [1.165, 1.54) is 88.5 Å². The molecule has 0 amide bonds. The Labute approximate surface area is 325 Å². The van der Waals surface area contributed by atoms with Gasteiger partial charge in [0.05, 0.1) is 0 Å². The van der Waals surface area contributed by atoms with E-state index in [-0.39, 0.29) is 30.2 Å². The molecule has 0 heterocycles. The molecule has 0 saturated heterocycles. The fraction of sp³-hybridized carbons (Fsp3) is 0.174. The van der Waals surface area contributed by atoms with Crippen LogP contribution in [0.1, 0.15) is 42.9 Å². The van der Waals surface area contributed by atoms with Gasteiger partial charge in [-0.3, -0.25) is 0 Å². The monoisotopic (exact) mass is 784 g/mol. The smallest absolute Gasteiger partial charge is 0.0114 e. The molecule has 4 heteroatoms. The van der Waals surface area contributed by atoms with Crippen LogP contribution in [0.2, 0.25) is 13.1 Å². The van der Waals surface area contributed by atoms with Crippen molar-refractivity contribution in [3.8, 4) is 22.3 Å². The van der Waals surface area contributed by atoms with Gasteiger partial charge in [-0.05, 0) is 38.6 Å². The van der Waals surface area contributed by atoms with E-state index >= 15 is 0 Å². The van der Waals surface area contributed by atoms with Gasteiger partial charge in [0.1, 0.15) is 0 Å². The molecule has 0 radical (unpaired) electrons. The first-order valence-electron chi connectivity index (χ1n) is 17.1. The third-order valence-electron chi connectivity index (χ3n) is 9.36. The van der Waals surface area contributed by atoms with Crippen LogP contribution in [-0.4, -0.2) is 5.43 Å². The van der Waals surface area contributed by atoms with Crippen molar-refractivity contribution in [1.82, 2.24) is 0 Å². The predicted molar refractivity (Wildman–Crippen MR) is 211 cm³/mol. The third-order valence-corrected chi connectivity index (χ3v) is 9.36. The van der Waals surface area contributed by atoms with Crippen LogP contribution in [0.15, 0.2) is 140 Å². The Morgan fingerprint density at radius 1 is 0.580 bits per heavy atom. The van der Waals surface area contributed by atoms with Crippen LogP contribution < -0.4 is 24.8 Å². The second kappa shape index (κ2) is 17.8. The van der Waals surface area contributed by atoms with Gasteiger partial charge in [-0.1, -0.05) is 142 Å². The Balaban J connectivity index is 0.000000197. The first kappa shape index (κ1) is 39.5. The summed E-state index contributed by atoms with van der Waals surface area (Å²) >= 11 is 1.74. The number of aryl methyl sites for hydroxylation is 2. The number of fused-ring (bicyclic) bond motifs is 4. The fourth-order valence-electron chi connectivity index (χ4n) is 6.76. The maximum absolute atomic E-state index is 2.39. The van der Waals surface area contributed by atoms with Gasteiger partial charge in [0, 0.05) is 0 Å². The van der Waals surface area contributed by atoms with E-state index in [0.717, 1.165) is 0 Å². The fourth-order valence-corrected chi connectivity index (χ4v) is 6.76. The van der Waals surface area contributed by atoms with Crippen molar-refractivity contribution in [1.29, 1.82) is 0 Å². The molecule has 8 aromatic carbocycles. The zero-order valence-electron chi connectivity index (χ0n) is 29.8. The largest absolute Gasteiger partial charge is 1.00 e. The number of halogens is 2. The van der Waals surface area contributed by atoms with Crippen molar-refractivity contribution in [2.75, 3.05) is 0 Å². The van der Waals surface area contributed by atoms with Gasteiger partial charge in [-0.2, -0.15) is 12.1 Å². The first-order valence-corrected chi connectivity index (χ1v) is 23.3. The summed E-state index contributed by atoms with van der Waals surface area (Å²) in [6.45, 7) is 13.5. The van der Waals surface area contributed by atoms with Crippen LogP contribution in [-0.2, 0) is 23.3 Å². The van der Waals surface area contributed by atoms with Crippen LogP contribution >= 0.6 is 0 Å². The van der Waals surface area contributed by atoms with Gasteiger partial charge in [0.2, 0.25) is 0 Å². The van der Waals surface area contributed by atoms with Gasteiger partial charge in [0.15, 0.2) is 0 Å². The molecular formula is C46H44Cl2SiZr-2. The summed E-state index contributed by atoms with van der Waals surface area (Å²) in [7, 11) is 0. The molecule has 0 bridgehead atoms. The quantitative estimate of drug-likeness (QED) is 0.127. The van der Waals surface area contributed by atoms with Crippen LogP contribution in [0.25, 0.3) is 65.3 Å². The third kappa shape index (κ3) is 8.60. The molecule has 0 aliphatic rings. The molecule has 50 heavy (non-hydrogen) atoms. The molecule has 0 N–H and O–H groups in total. The van der Waals surface area contributed by atoms with E-state index in [9.17, 15) is 0 Å². The molecule has 0 nitrogen and oxygen atoms in total. The van der Waals surface area contributed by atoms with Crippen LogP contribution in [0, 0.1) is 13.8 Å². The number of hydrogen-bond acceptors (Lipinski definition) is 0. The van der Waals surface area contributed by atoms with Crippen LogP contribution in [0.3, 0.4) is 0 Å². The molecule has 0 fully saturated rings. The Bertz CT molecular complexity index is 2360. The molecule has 0 aliphatic carbocycles. The van der Waals surface area contributed by atoms with Gasteiger partial charge >= 0.3 is 41.9 Å². The van der Waals surface area contributed by atoms with Gasteiger partial charge in [-0.25, -0.2) is 0 Å². The minimum atomic E-state index is 0. The molecule has 0 aromatic heterocycles. The molecule has 252 valence electrons. The summed E-state index contributed by atoms with van der Waals surface area (Å²) in [6.07, 6.45) is 1.18. The SMILES string of the molecule is CCC(C)c1cc2c(-c3cccc4ccccc34)cccc2[cH-]1.C[Si](C)=[Zr+2].Cc1cc2c(-c3cccc4ccccc34)ccc(C)c2[cH-]1.[Cl-].[Cl-]. The second-order valence-corrected chi connectivity index (χ2v) is 22.6. The van der Waals surface area contributed by atoms with Crippen molar-refractivity contribution in [3.05, 3.63) is 156 Å². The van der Waals surface area contributed by atoms with Gasteiger partial charge in [0.25, 0.3) is 0 Å². The standard InChI is InChI=1S/C23H21.C21H17.C2H6Si.2ClH.Zr/c1-3-16(2)19-14-18-10-7-13-22(23(18)15-19)21-12-6-9-17-8-4-5-11-20(17)21;1-14-12-20-15(2)10-11-19(21(20)13-14)18-9-5-7-16-6-3-4-8-17(16)18;1-3-2;;;/h4-16H,3H2,1-2H3;3-13H,1-2H3;1-2H3;2*1H;/q2*-1;;;;+2/p-2. The zero-order valence-corrected chi connectivity index (χ0v) is 34.8. The summed E-state index contributed by atoms with van der Waals surface area (Å²) in [5.41, 5.74) is 9.67. The van der Waals surface area contributed by atoms with E-state index in [1.807, 2.05) is 0 Å². The van der Waals surface area contributed by atoms with Gasteiger partial charge < -0.3 is 24.8 Å². The Kier molecular flexibility index (Phi) is 14.1. The molecule has 0 spiro atoms. The molecule has 0 aliphatic heterocycles. The van der Waals surface area contributed by atoms with E-state index in [4.69, 9.17) is 0 Å². The van der Waals surface area contributed by atoms with Crippen molar-refractivity contribution in [2.45, 2.75) is 53.1 Å². The van der Waals surface area contributed by atoms with E-state index < -0.39 is 0 Å². The minimum absolute atomic E-state index is 0. The van der Waals surface area contributed by atoms with E-state index in [1.54, 1.807) is 23.3 Å². The summed E-state index contributed by atoms with van der Waals surface area (Å²) in [4.78, 5) is 0. The summed E-state index contributed by atoms with van der Waals surface area (Å²) in [5, 5.41) is 10.7. The average Bonchev–Trinajstić information content (AvgIpc) is 3.72. The van der Waals surface area contributed by atoms with Crippen LogP contribution in [0.5, 0.6) is 0 Å². The average molecular weight is 787 g/mol. The summed E-state index contributed by atoms with van der Waals surface area (Å²) in [5.74, 6) is 0.614. The van der Waals surface area contributed by atoms with E-state index in [0.29, 0.717) is 5.92 Å². The minimum Gasteiger partial charge on any atom is -1.00 e. The Morgan fingerprint density at radius 3 is 1.62 bits per heavy atom. The number of benzene rings is 6. The molecule has 1 unspecified atom stereocenters. The van der Waals surface area contributed by atoms with Crippen molar-refractivity contribution >= 4 is 48.5 Å². The van der Waals surface area contributed by atoms with E-state index in [2.05, 4.69) is 180 Å². The summed E-state index contributed by atoms with van der Waals surface area (Å²) in [6, 6.07) is 50.9. The topological polar surface area (TPSA) is 0 Å². The molecule has 8 aromatic rings.